The highest BCUT2D eigenvalue weighted by molar-refractivity contribution is 9.11. The third-order valence-electron chi connectivity index (χ3n) is 3.05. The van der Waals surface area contributed by atoms with Crippen LogP contribution in [-0.2, 0) is 0 Å². The Balaban J connectivity index is 2.33. The second-order valence-corrected chi connectivity index (χ2v) is 6.00. The first-order chi connectivity index (χ1) is 9.13. The Kier molecular flexibility index (Phi) is 5.10. The molecule has 19 heavy (non-hydrogen) atoms. The van der Waals surface area contributed by atoms with Gasteiger partial charge in [-0.2, -0.15) is 0 Å². The fourth-order valence-corrected chi connectivity index (χ4v) is 3.30. The normalized spacial score (nSPS) is 14.1. The highest BCUT2D eigenvalue weighted by Crippen LogP contribution is 2.35. The molecule has 0 bridgehead atoms. The summed E-state index contributed by atoms with van der Waals surface area (Å²) in [6, 6.07) is 9.48. The maximum Gasteiger partial charge on any atom is 0.0881 e. The summed E-state index contributed by atoms with van der Waals surface area (Å²) in [5, 5.41) is 10.6. The van der Waals surface area contributed by atoms with E-state index in [1.165, 1.54) is 0 Å². The number of benzene rings is 1. The monoisotopic (exact) mass is 384 g/mol. The smallest absolute Gasteiger partial charge is 0.0881 e. The van der Waals surface area contributed by atoms with E-state index in [9.17, 15) is 5.11 Å². The number of pyridine rings is 1. The Bertz CT molecular complexity index is 548. The van der Waals surface area contributed by atoms with Crippen LogP contribution in [-0.4, -0.2) is 16.6 Å². The SMILES string of the molecule is NCC(c1ccncc1)C(O)c1ccc(Br)cc1Br. The zero-order valence-electron chi connectivity index (χ0n) is 10.1. The highest BCUT2D eigenvalue weighted by atomic mass is 79.9. The van der Waals surface area contributed by atoms with Gasteiger partial charge in [-0.15, -0.1) is 0 Å². The summed E-state index contributed by atoms with van der Waals surface area (Å²) < 4.78 is 1.82. The first-order valence-corrected chi connectivity index (χ1v) is 7.45. The standard InChI is InChI=1S/C14H14Br2N2O/c15-10-1-2-11(13(16)7-10)14(19)12(8-17)9-3-5-18-6-4-9/h1-7,12,14,19H,8,17H2. The summed E-state index contributed by atoms with van der Waals surface area (Å²) in [6.07, 6.45) is 2.76. The van der Waals surface area contributed by atoms with Gasteiger partial charge in [0.1, 0.15) is 0 Å². The van der Waals surface area contributed by atoms with Crippen molar-refractivity contribution in [3.8, 4) is 0 Å². The van der Waals surface area contributed by atoms with Gasteiger partial charge >= 0.3 is 0 Å². The van der Waals surface area contributed by atoms with Gasteiger partial charge < -0.3 is 10.8 Å². The van der Waals surface area contributed by atoms with Gasteiger partial charge in [-0.05, 0) is 35.4 Å². The topological polar surface area (TPSA) is 59.1 Å². The number of aliphatic hydroxyl groups is 1. The third kappa shape index (κ3) is 3.42. The second-order valence-electron chi connectivity index (χ2n) is 4.23. The van der Waals surface area contributed by atoms with E-state index >= 15 is 0 Å². The van der Waals surface area contributed by atoms with Crippen LogP contribution in [0.5, 0.6) is 0 Å². The van der Waals surface area contributed by atoms with E-state index in [1.54, 1.807) is 12.4 Å². The molecule has 0 spiro atoms. The molecule has 2 atom stereocenters. The Hall–Kier alpha value is -0.750. The van der Waals surface area contributed by atoms with Crippen molar-refractivity contribution in [2.75, 3.05) is 6.54 Å². The van der Waals surface area contributed by atoms with Crippen LogP contribution >= 0.6 is 31.9 Å². The Morgan fingerprint density at radius 3 is 2.42 bits per heavy atom. The van der Waals surface area contributed by atoms with E-state index in [2.05, 4.69) is 36.8 Å². The van der Waals surface area contributed by atoms with E-state index in [0.717, 1.165) is 20.1 Å². The molecule has 0 amide bonds. The van der Waals surface area contributed by atoms with Crippen molar-refractivity contribution in [2.24, 2.45) is 5.73 Å². The molecular formula is C14H14Br2N2O. The molecule has 2 unspecified atom stereocenters. The molecule has 0 saturated heterocycles. The van der Waals surface area contributed by atoms with Crippen molar-refractivity contribution in [2.45, 2.75) is 12.0 Å². The quantitative estimate of drug-likeness (QED) is 0.847. The van der Waals surface area contributed by atoms with Gasteiger partial charge in [-0.3, -0.25) is 4.98 Å². The number of rotatable bonds is 4. The second kappa shape index (κ2) is 6.61. The number of hydrogen-bond donors (Lipinski definition) is 2. The van der Waals surface area contributed by atoms with E-state index < -0.39 is 6.10 Å². The number of aliphatic hydroxyl groups excluding tert-OH is 1. The fourth-order valence-electron chi connectivity index (χ4n) is 2.02. The van der Waals surface area contributed by atoms with E-state index in [1.807, 2.05) is 30.3 Å². The largest absolute Gasteiger partial charge is 0.388 e. The van der Waals surface area contributed by atoms with Crippen LogP contribution in [0.25, 0.3) is 0 Å². The number of nitrogens with two attached hydrogens (primary N) is 1. The van der Waals surface area contributed by atoms with E-state index in [4.69, 9.17) is 5.73 Å². The number of nitrogens with zero attached hydrogens (tertiary/aromatic N) is 1. The Morgan fingerprint density at radius 2 is 1.84 bits per heavy atom. The van der Waals surface area contributed by atoms with Crippen LogP contribution in [0.15, 0.2) is 51.7 Å². The summed E-state index contributed by atoms with van der Waals surface area (Å²) in [7, 11) is 0. The minimum atomic E-state index is -0.658. The summed E-state index contributed by atoms with van der Waals surface area (Å²) >= 11 is 6.87. The highest BCUT2D eigenvalue weighted by Gasteiger charge is 2.23. The molecule has 0 aliphatic carbocycles. The zero-order chi connectivity index (χ0) is 13.8. The van der Waals surface area contributed by atoms with Crippen LogP contribution in [0.3, 0.4) is 0 Å². The molecule has 1 heterocycles. The van der Waals surface area contributed by atoms with Crippen molar-refractivity contribution in [3.05, 3.63) is 62.8 Å². The summed E-state index contributed by atoms with van der Waals surface area (Å²) in [5.74, 6) is -0.152. The minimum Gasteiger partial charge on any atom is -0.388 e. The van der Waals surface area contributed by atoms with E-state index in [0.29, 0.717) is 6.54 Å². The van der Waals surface area contributed by atoms with Crippen LogP contribution in [0, 0.1) is 0 Å². The Labute approximate surface area is 129 Å². The van der Waals surface area contributed by atoms with Crippen LogP contribution in [0.2, 0.25) is 0 Å². The predicted octanol–water partition coefficient (Wildman–Crippen LogP) is 3.38. The summed E-state index contributed by atoms with van der Waals surface area (Å²) in [5.41, 5.74) is 7.63. The van der Waals surface area contributed by atoms with Crippen molar-refractivity contribution in [1.82, 2.24) is 4.98 Å². The molecule has 0 saturated carbocycles. The lowest BCUT2D eigenvalue weighted by molar-refractivity contribution is 0.146. The van der Waals surface area contributed by atoms with Gasteiger partial charge in [0.15, 0.2) is 0 Å². The lowest BCUT2D eigenvalue weighted by atomic mass is 9.90. The van der Waals surface area contributed by atoms with Gasteiger partial charge in [-0.25, -0.2) is 0 Å². The molecule has 0 radical (unpaired) electrons. The van der Waals surface area contributed by atoms with Gasteiger partial charge in [0.2, 0.25) is 0 Å². The molecule has 1 aromatic carbocycles. The molecule has 100 valence electrons. The first-order valence-electron chi connectivity index (χ1n) is 5.86. The Morgan fingerprint density at radius 1 is 1.16 bits per heavy atom. The molecule has 0 aliphatic rings. The molecular weight excluding hydrogens is 372 g/mol. The molecule has 0 aliphatic heterocycles. The molecule has 3 nitrogen and oxygen atoms in total. The van der Waals surface area contributed by atoms with Crippen molar-refractivity contribution < 1.29 is 5.11 Å². The number of hydrogen-bond acceptors (Lipinski definition) is 3. The molecule has 5 heteroatoms. The molecule has 1 aromatic heterocycles. The van der Waals surface area contributed by atoms with Crippen molar-refractivity contribution >= 4 is 31.9 Å². The average Bonchev–Trinajstić information content (AvgIpc) is 2.40. The molecule has 2 aromatic rings. The van der Waals surface area contributed by atoms with Crippen LogP contribution < -0.4 is 5.73 Å². The maximum atomic E-state index is 10.6. The lowest BCUT2D eigenvalue weighted by Crippen LogP contribution is -2.20. The van der Waals surface area contributed by atoms with Crippen molar-refractivity contribution in [1.29, 1.82) is 0 Å². The third-order valence-corrected chi connectivity index (χ3v) is 4.23. The van der Waals surface area contributed by atoms with Gasteiger partial charge in [-0.1, -0.05) is 37.9 Å². The van der Waals surface area contributed by atoms with Gasteiger partial charge in [0.25, 0.3) is 0 Å². The van der Waals surface area contributed by atoms with Crippen molar-refractivity contribution in [3.63, 3.8) is 0 Å². The first kappa shape index (κ1) is 14.7. The zero-order valence-corrected chi connectivity index (χ0v) is 13.3. The molecule has 0 fully saturated rings. The van der Waals surface area contributed by atoms with E-state index in [-0.39, 0.29) is 5.92 Å². The van der Waals surface area contributed by atoms with Crippen LogP contribution in [0.1, 0.15) is 23.1 Å². The molecule has 2 rings (SSSR count). The number of aromatic nitrogens is 1. The summed E-state index contributed by atoms with van der Waals surface area (Å²) in [6.45, 7) is 0.369. The fraction of sp³-hybridized carbons (Fsp3) is 0.214. The maximum absolute atomic E-state index is 10.6. The molecule has 3 N–H and O–H groups in total. The number of halogens is 2. The van der Waals surface area contributed by atoms with Gasteiger partial charge in [0, 0.05) is 33.8 Å². The average molecular weight is 386 g/mol. The summed E-state index contributed by atoms with van der Waals surface area (Å²) in [4.78, 5) is 3.99. The predicted molar refractivity (Wildman–Crippen MR) is 82.8 cm³/mol. The van der Waals surface area contributed by atoms with Crippen LogP contribution in [0.4, 0.5) is 0 Å². The lowest BCUT2D eigenvalue weighted by Gasteiger charge is -2.23. The van der Waals surface area contributed by atoms with Gasteiger partial charge in [0.05, 0.1) is 6.10 Å². The minimum absolute atomic E-state index is 0.152.